The molecule has 1 aromatic heterocycles. The largest absolute Gasteiger partial charge is 0.493 e. The molecule has 7 nitrogen and oxygen atoms in total. The van der Waals surface area contributed by atoms with Gasteiger partial charge in [-0.3, -0.25) is 4.79 Å². The molecule has 0 aliphatic rings. The van der Waals surface area contributed by atoms with Crippen LogP contribution in [0.2, 0.25) is 0 Å². The normalized spacial score (nSPS) is 10.6. The molecule has 1 heterocycles. The zero-order valence-electron chi connectivity index (χ0n) is 15.7. The van der Waals surface area contributed by atoms with Crippen molar-refractivity contribution in [3.63, 3.8) is 0 Å². The fraction of sp³-hybridized carbons (Fsp3) is 0.300. The third-order valence-corrected chi connectivity index (χ3v) is 4.30. The monoisotopic (exact) mass is 369 g/mol. The maximum absolute atomic E-state index is 12.2. The average Bonchev–Trinajstić information content (AvgIpc) is 3.12. The number of carbonyl (C=O) groups is 1. The van der Waals surface area contributed by atoms with Gasteiger partial charge in [0.1, 0.15) is 5.82 Å². The van der Waals surface area contributed by atoms with E-state index in [1.54, 1.807) is 21.3 Å². The number of ether oxygens (including phenoxy) is 3. The molecule has 3 rings (SSSR count). The summed E-state index contributed by atoms with van der Waals surface area (Å²) in [6, 6.07) is 11.5. The van der Waals surface area contributed by atoms with Crippen molar-refractivity contribution in [2.24, 2.45) is 0 Å². The molecular formula is C20H23N3O4. The average molecular weight is 369 g/mol. The van der Waals surface area contributed by atoms with Crippen LogP contribution in [0.3, 0.4) is 0 Å². The Morgan fingerprint density at radius 3 is 2.52 bits per heavy atom. The molecule has 0 saturated heterocycles. The zero-order valence-corrected chi connectivity index (χ0v) is 15.7. The van der Waals surface area contributed by atoms with Crippen LogP contribution in [0.5, 0.6) is 17.2 Å². The van der Waals surface area contributed by atoms with Crippen LogP contribution in [0.15, 0.2) is 36.4 Å². The number of amides is 1. The molecule has 3 aromatic rings. The number of carbonyl (C=O) groups excluding carboxylic acids is 1. The fourth-order valence-electron chi connectivity index (χ4n) is 2.97. The number of nitrogens with one attached hydrogen (secondary N) is 2. The smallest absolute Gasteiger partial charge is 0.220 e. The third-order valence-electron chi connectivity index (χ3n) is 4.30. The molecule has 2 N–H and O–H groups in total. The van der Waals surface area contributed by atoms with Crippen LogP contribution < -0.4 is 19.5 Å². The maximum Gasteiger partial charge on any atom is 0.220 e. The number of nitrogens with zero attached hydrogens (tertiary/aromatic N) is 1. The third kappa shape index (κ3) is 4.13. The molecule has 0 spiro atoms. The van der Waals surface area contributed by atoms with Crippen LogP contribution in [0, 0.1) is 0 Å². The molecule has 7 heteroatoms. The molecule has 0 aliphatic carbocycles. The van der Waals surface area contributed by atoms with Crippen molar-refractivity contribution in [2.45, 2.75) is 19.4 Å². The van der Waals surface area contributed by atoms with Gasteiger partial charge in [0, 0.05) is 6.42 Å². The van der Waals surface area contributed by atoms with Crippen LogP contribution in [0.25, 0.3) is 11.0 Å². The Kier molecular flexibility index (Phi) is 5.80. The summed E-state index contributed by atoms with van der Waals surface area (Å²) < 4.78 is 16.1. The van der Waals surface area contributed by atoms with Gasteiger partial charge >= 0.3 is 0 Å². The maximum atomic E-state index is 12.2. The fourth-order valence-corrected chi connectivity index (χ4v) is 2.97. The molecule has 0 bridgehead atoms. The first-order valence-electron chi connectivity index (χ1n) is 8.64. The number of fused-ring (bicyclic) bond motifs is 1. The van der Waals surface area contributed by atoms with Crippen LogP contribution in [0.4, 0.5) is 0 Å². The second kappa shape index (κ2) is 8.44. The van der Waals surface area contributed by atoms with Crippen molar-refractivity contribution in [1.82, 2.24) is 15.3 Å². The van der Waals surface area contributed by atoms with E-state index < -0.39 is 0 Å². The Morgan fingerprint density at radius 1 is 1.04 bits per heavy atom. The van der Waals surface area contributed by atoms with Crippen LogP contribution >= 0.6 is 0 Å². The highest BCUT2D eigenvalue weighted by Gasteiger charge is 2.16. The standard InChI is InChI=1S/C20H23N3O4/c1-25-16-10-8-13(19(26-2)20(16)27-3)9-11-18(24)21-12-17-22-14-6-4-5-7-15(14)23-17/h4-8,10H,9,11-12H2,1-3H3,(H,21,24)(H,22,23). The zero-order chi connectivity index (χ0) is 19.2. The lowest BCUT2D eigenvalue weighted by Crippen LogP contribution is -2.23. The predicted octanol–water partition coefficient (Wildman–Crippen LogP) is 2.84. The van der Waals surface area contributed by atoms with Crippen molar-refractivity contribution in [1.29, 1.82) is 0 Å². The molecule has 0 radical (unpaired) electrons. The van der Waals surface area contributed by atoms with Gasteiger partial charge in [-0.05, 0) is 30.2 Å². The lowest BCUT2D eigenvalue weighted by atomic mass is 10.1. The minimum absolute atomic E-state index is 0.0627. The minimum atomic E-state index is -0.0627. The Labute approximate surface area is 157 Å². The predicted molar refractivity (Wildman–Crippen MR) is 102 cm³/mol. The van der Waals surface area contributed by atoms with E-state index in [0.717, 1.165) is 22.4 Å². The molecule has 0 saturated carbocycles. The van der Waals surface area contributed by atoms with Gasteiger partial charge in [-0.1, -0.05) is 18.2 Å². The number of para-hydroxylation sites is 2. The van der Waals surface area contributed by atoms with Gasteiger partial charge in [0.25, 0.3) is 0 Å². The molecule has 0 fully saturated rings. The summed E-state index contributed by atoms with van der Waals surface area (Å²) in [7, 11) is 4.70. The second-order valence-corrected chi connectivity index (χ2v) is 5.97. The van der Waals surface area contributed by atoms with Gasteiger partial charge in [-0.25, -0.2) is 4.98 Å². The summed E-state index contributed by atoms with van der Waals surface area (Å²) in [5.41, 5.74) is 2.72. The number of aryl methyl sites for hydroxylation is 1. The molecule has 2 aromatic carbocycles. The molecular weight excluding hydrogens is 346 g/mol. The number of imidazole rings is 1. The quantitative estimate of drug-likeness (QED) is 0.638. The Bertz CT molecular complexity index is 903. The summed E-state index contributed by atoms with van der Waals surface area (Å²) in [5.74, 6) is 2.37. The van der Waals surface area contributed by atoms with Crippen molar-refractivity contribution < 1.29 is 19.0 Å². The Hall–Kier alpha value is -3.22. The van der Waals surface area contributed by atoms with E-state index in [0.29, 0.717) is 36.6 Å². The topological polar surface area (TPSA) is 85.5 Å². The van der Waals surface area contributed by atoms with E-state index in [1.807, 2.05) is 36.4 Å². The molecule has 0 unspecified atom stereocenters. The number of rotatable bonds is 8. The lowest BCUT2D eigenvalue weighted by Gasteiger charge is -2.15. The SMILES string of the molecule is COc1ccc(CCC(=O)NCc2nc3ccccc3[nH]2)c(OC)c1OC. The summed E-state index contributed by atoms with van der Waals surface area (Å²) in [4.78, 5) is 19.9. The molecule has 0 aliphatic heterocycles. The van der Waals surface area contributed by atoms with E-state index in [-0.39, 0.29) is 5.91 Å². The number of benzene rings is 2. The van der Waals surface area contributed by atoms with Gasteiger partial charge in [0.2, 0.25) is 11.7 Å². The van der Waals surface area contributed by atoms with Crippen LogP contribution in [-0.4, -0.2) is 37.2 Å². The first-order chi connectivity index (χ1) is 13.2. The van der Waals surface area contributed by atoms with E-state index >= 15 is 0 Å². The summed E-state index contributed by atoms with van der Waals surface area (Å²) in [6.07, 6.45) is 0.849. The number of H-pyrrole nitrogens is 1. The van der Waals surface area contributed by atoms with E-state index in [1.165, 1.54) is 0 Å². The first kappa shape index (κ1) is 18.6. The molecule has 27 heavy (non-hydrogen) atoms. The number of aromatic amines is 1. The highest BCUT2D eigenvalue weighted by molar-refractivity contribution is 5.77. The van der Waals surface area contributed by atoms with Gasteiger partial charge < -0.3 is 24.5 Å². The molecule has 0 atom stereocenters. The number of hydrogen-bond donors (Lipinski definition) is 2. The summed E-state index contributed by atoms with van der Waals surface area (Å²) >= 11 is 0. The number of aromatic nitrogens is 2. The van der Waals surface area contributed by atoms with Gasteiger partial charge in [-0.2, -0.15) is 0 Å². The molecule has 142 valence electrons. The Balaban J connectivity index is 1.60. The van der Waals surface area contributed by atoms with E-state index in [4.69, 9.17) is 14.2 Å². The lowest BCUT2D eigenvalue weighted by molar-refractivity contribution is -0.121. The molecule has 1 amide bonds. The van der Waals surface area contributed by atoms with Crippen molar-refractivity contribution >= 4 is 16.9 Å². The highest BCUT2D eigenvalue weighted by Crippen LogP contribution is 2.40. The van der Waals surface area contributed by atoms with Crippen LogP contribution in [0.1, 0.15) is 17.8 Å². The van der Waals surface area contributed by atoms with Crippen molar-refractivity contribution in [2.75, 3.05) is 21.3 Å². The van der Waals surface area contributed by atoms with E-state index in [9.17, 15) is 4.79 Å². The minimum Gasteiger partial charge on any atom is -0.493 e. The number of hydrogen-bond acceptors (Lipinski definition) is 5. The van der Waals surface area contributed by atoms with Gasteiger partial charge in [-0.15, -0.1) is 0 Å². The first-order valence-corrected chi connectivity index (χ1v) is 8.64. The van der Waals surface area contributed by atoms with E-state index in [2.05, 4.69) is 15.3 Å². The van der Waals surface area contributed by atoms with Crippen LogP contribution in [-0.2, 0) is 17.8 Å². The second-order valence-electron chi connectivity index (χ2n) is 5.97. The van der Waals surface area contributed by atoms with Crippen molar-refractivity contribution in [3.8, 4) is 17.2 Å². The summed E-state index contributed by atoms with van der Waals surface area (Å²) in [5, 5.41) is 2.89. The van der Waals surface area contributed by atoms with Gasteiger partial charge in [0.15, 0.2) is 11.5 Å². The Morgan fingerprint density at radius 2 is 1.81 bits per heavy atom. The number of methoxy groups -OCH3 is 3. The van der Waals surface area contributed by atoms with Crippen molar-refractivity contribution in [3.05, 3.63) is 47.8 Å². The summed E-state index contributed by atoms with van der Waals surface area (Å²) in [6.45, 7) is 0.358. The highest BCUT2D eigenvalue weighted by atomic mass is 16.5. The van der Waals surface area contributed by atoms with Gasteiger partial charge in [0.05, 0.1) is 38.9 Å².